The Labute approximate surface area is 281 Å². The smallest absolute Gasteiger partial charge is 0.407 e. The van der Waals surface area contributed by atoms with E-state index in [4.69, 9.17) is 14.2 Å². The van der Waals surface area contributed by atoms with Crippen LogP contribution in [-0.2, 0) is 30.5 Å². The number of para-hydroxylation sites is 1. The van der Waals surface area contributed by atoms with Gasteiger partial charge in [0.2, 0.25) is 5.91 Å². The minimum absolute atomic E-state index is 0.0852. The van der Waals surface area contributed by atoms with Crippen molar-refractivity contribution in [3.8, 4) is 5.75 Å². The number of carbonyl (C=O) groups excluding carboxylic acids is 2. The number of morpholine rings is 1. The highest BCUT2D eigenvalue weighted by Gasteiger charge is 2.33. The third-order valence-electron chi connectivity index (χ3n) is 8.22. The van der Waals surface area contributed by atoms with Crippen LogP contribution in [0.3, 0.4) is 0 Å². The topological polar surface area (TPSA) is 132 Å². The number of nitrogens with one attached hydrogen (secondary N) is 3. The van der Waals surface area contributed by atoms with Crippen molar-refractivity contribution in [2.24, 2.45) is 0 Å². The van der Waals surface area contributed by atoms with Crippen LogP contribution in [0.1, 0.15) is 29.0 Å². The summed E-state index contributed by atoms with van der Waals surface area (Å²) in [4.78, 5) is 26.8. The average Bonchev–Trinajstić information content (AvgIpc) is 3.11. The standard InChI is InChI=1S/C37H41N3O7S/c1-45-37(42)40-35(34(27-12-5-3-6-13-27)28-14-7-4-8-15-28)36(41)39-33-16-10-9-11-26(33)17-18-30-23-38-24-31(47-30)25-46-29-19-21-32(22-20-29)48(2,43)44/h3-16,19-22,30-31,34-35,38H,17-18,23-25H2,1-2H3,(H,39,41)(H,40,42)/t30-,31+,35+/m1/s1. The molecule has 0 unspecified atom stereocenters. The van der Waals surface area contributed by atoms with Gasteiger partial charge in [0.15, 0.2) is 9.84 Å². The number of rotatable bonds is 13. The predicted octanol–water partition coefficient (Wildman–Crippen LogP) is 4.95. The Morgan fingerprint density at radius 2 is 1.46 bits per heavy atom. The molecule has 5 rings (SSSR count). The highest BCUT2D eigenvalue weighted by Crippen LogP contribution is 2.30. The van der Waals surface area contributed by atoms with Crippen LogP contribution in [0.25, 0.3) is 0 Å². The second-order valence-electron chi connectivity index (χ2n) is 11.7. The first kappa shape index (κ1) is 34.6. The Morgan fingerprint density at radius 3 is 2.08 bits per heavy atom. The lowest BCUT2D eigenvalue weighted by Crippen LogP contribution is -2.48. The van der Waals surface area contributed by atoms with Crippen molar-refractivity contribution in [1.82, 2.24) is 10.6 Å². The summed E-state index contributed by atoms with van der Waals surface area (Å²) in [5, 5.41) is 9.28. The highest BCUT2D eigenvalue weighted by atomic mass is 32.2. The number of hydrogen-bond donors (Lipinski definition) is 3. The van der Waals surface area contributed by atoms with Gasteiger partial charge in [-0.05, 0) is 59.9 Å². The Balaban J connectivity index is 1.25. The van der Waals surface area contributed by atoms with Gasteiger partial charge in [-0.25, -0.2) is 13.2 Å². The lowest BCUT2D eigenvalue weighted by Gasteiger charge is -2.31. The molecule has 0 bridgehead atoms. The molecule has 0 saturated carbocycles. The van der Waals surface area contributed by atoms with E-state index in [2.05, 4.69) is 16.0 Å². The molecule has 4 aromatic rings. The number of ether oxygens (including phenoxy) is 3. The summed E-state index contributed by atoms with van der Waals surface area (Å²) in [6.45, 7) is 1.62. The van der Waals surface area contributed by atoms with E-state index in [-0.39, 0.29) is 23.0 Å². The highest BCUT2D eigenvalue weighted by molar-refractivity contribution is 7.90. The third-order valence-corrected chi connectivity index (χ3v) is 9.35. The fourth-order valence-corrected chi connectivity index (χ4v) is 6.42. The molecule has 10 nitrogen and oxygen atoms in total. The van der Waals surface area contributed by atoms with E-state index in [1.54, 1.807) is 12.1 Å². The number of sulfone groups is 1. The summed E-state index contributed by atoms with van der Waals surface area (Å²) in [5.41, 5.74) is 3.34. The van der Waals surface area contributed by atoms with Gasteiger partial charge in [-0.1, -0.05) is 78.9 Å². The molecular formula is C37H41N3O7S. The van der Waals surface area contributed by atoms with Crippen molar-refractivity contribution in [3.63, 3.8) is 0 Å². The van der Waals surface area contributed by atoms with Crippen molar-refractivity contribution in [2.75, 3.05) is 38.4 Å². The van der Waals surface area contributed by atoms with E-state index in [1.807, 2.05) is 84.9 Å². The van der Waals surface area contributed by atoms with Gasteiger partial charge in [-0.3, -0.25) is 4.79 Å². The maximum Gasteiger partial charge on any atom is 0.407 e. The summed E-state index contributed by atoms with van der Waals surface area (Å²) in [5.74, 6) is -0.278. The minimum atomic E-state index is -3.27. The molecule has 0 aliphatic carbocycles. The van der Waals surface area contributed by atoms with Gasteiger partial charge in [0, 0.05) is 31.0 Å². The predicted molar refractivity (Wildman–Crippen MR) is 184 cm³/mol. The largest absolute Gasteiger partial charge is 0.491 e. The summed E-state index contributed by atoms with van der Waals surface area (Å²) >= 11 is 0. The van der Waals surface area contributed by atoms with Crippen molar-refractivity contribution in [3.05, 3.63) is 126 Å². The van der Waals surface area contributed by atoms with Gasteiger partial charge in [0.1, 0.15) is 24.5 Å². The van der Waals surface area contributed by atoms with Gasteiger partial charge in [0.25, 0.3) is 0 Å². The zero-order valence-electron chi connectivity index (χ0n) is 27.0. The number of alkyl carbamates (subject to hydrolysis) is 1. The molecule has 11 heteroatoms. The van der Waals surface area contributed by atoms with Crippen molar-refractivity contribution >= 4 is 27.5 Å². The first-order chi connectivity index (χ1) is 23.2. The van der Waals surface area contributed by atoms with Crippen LogP contribution in [0, 0.1) is 0 Å². The van der Waals surface area contributed by atoms with E-state index in [0.717, 1.165) is 16.7 Å². The summed E-state index contributed by atoms with van der Waals surface area (Å²) in [6.07, 6.45) is 1.53. The number of benzene rings is 4. The Kier molecular flexibility index (Phi) is 11.8. The first-order valence-electron chi connectivity index (χ1n) is 15.8. The van der Waals surface area contributed by atoms with Crippen LogP contribution in [-0.4, -0.2) is 71.7 Å². The average molecular weight is 672 g/mol. The Morgan fingerprint density at radius 1 is 0.854 bits per heavy atom. The maximum absolute atomic E-state index is 14.0. The van der Waals surface area contributed by atoms with Crippen LogP contribution >= 0.6 is 0 Å². The quantitative estimate of drug-likeness (QED) is 0.182. The molecule has 3 atom stereocenters. The van der Waals surface area contributed by atoms with Crippen molar-refractivity contribution in [2.45, 2.75) is 41.9 Å². The van der Waals surface area contributed by atoms with Gasteiger partial charge in [0.05, 0.1) is 18.1 Å². The van der Waals surface area contributed by atoms with Crippen LogP contribution in [0.5, 0.6) is 5.75 Å². The Hall–Kier alpha value is -4.71. The SMILES string of the molecule is COC(=O)N[C@H](C(=O)Nc1ccccc1CC[C@@H]1CNC[C@@H](COc2ccc(S(C)(=O)=O)cc2)O1)C(c1ccccc1)c1ccccc1. The second kappa shape index (κ2) is 16.4. The molecule has 1 saturated heterocycles. The van der Waals surface area contributed by atoms with Crippen molar-refractivity contribution in [1.29, 1.82) is 0 Å². The zero-order valence-corrected chi connectivity index (χ0v) is 27.8. The number of amides is 2. The third kappa shape index (κ3) is 9.43. The molecule has 1 fully saturated rings. The monoisotopic (exact) mass is 671 g/mol. The molecule has 252 valence electrons. The molecule has 48 heavy (non-hydrogen) atoms. The van der Waals surface area contributed by atoms with Crippen LogP contribution in [0.2, 0.25) is 0 Å². The molecule has 1 aliphatic rings. The van der Waals surface area contributed by atoms with Gasteiger partial charge >= 0.3 is 6.09 Å². The van der Waals surface area contributed by atoms with E-state index in [9.17, 15) is 18.0 Å². The zero-order chi connectivity index (χ0) is 33.9. The normalized spacial score (nSPS) is 16.9. The molecule has 0 aromatic heterocycles. The number of carbonyl (C=O) groups is 2. The molecule has 3 N–H and O–H groups in total. The van der Waals surface area contributed by atoms with Gasteiger partial charge < -0.3 is 30.2 Å². The number of hydrogen-bond acceptors (Lipinski definition) is 8. The molecule has 2 amide bonds. The fourth-order valence-electron chi connectivity index (χ4n) is 5.79. The minimum Gasteiger partial charge on any atom is -0.491 e. The molecule has 0 radical (unpaired) electrons. The second-order valence-corrected chi connectivity index (χ2v) is 13.7. The summed E-state index contributed by atoms with van der Waals surface area (Å²) < 4.78 is 40.6. The van der Waals surface area contributed by atoms with E-state index < -0.39 is 27.9 Å². The lowest BCUT2D eigenvalue weighted by molar-refractivity contribution is -0.118. The summed E-state index contributed by atoms with van der Waals surface area (Å²) in [6, 6.07) is 32.2. The lowest BCUT2D eigenvalue weighted by atomic mass is 9.84. The van der Waals surface area contributed by atoms with E-state index in [1.165, 1.54) is 25.5 Å². The Bertz CT molecular complexity index is 1710. The van der Waals surface area contributed by atoms with Gasteiger partial charge in [-0.15, -0.1) is 0 Å². The fraction of sp³-hybridized carbons (Fsp3) is 0.297. The molecular weight excluding hydrogens is 630 g/mol. The number of methoxy groups -OCH3 is 1. The van der Waals surface area contributed by atoms with Crippen LogP contribution in [0.15, 0.2) is 114 Å². The van der Waals surface area contributed by atoms with Crippen LogP contribution in [0.4, 0.5) is 10.5 Å². The molecule has 1 heterocycles. The van der Waals surface area contributed by atoms with Crippen molar-refractivity contribution < 1.29 is 32.2 Å². The molecule has 0 spiro atoms. The number of aryl methyl sites for hydroxylation is 1. The molecule has 1 aliphatic heterocycles. The molecule has 4 aromatic carbocycles. The van der Waals surface area contributed by atoms with Crippen LogP contribution < -0.4 is 20.7 Å². The summed E-state index contributed by atoms with van der Waals surface area (Å²) in [7, 11) is -2.00. The number of anilines is 1. The first-order valence-corrected chi connectivity index (χ1v) is 17.7. The maximum atomic E-state index is 14.0. The van der Waals surface area contributed by atoms with Gasteiger partial charge in [-0.2, -0.15) is 0 Å². The van der Waals surface area contributed by atoms with E-state index >= 15 is 0 Å². The van der Waals surface area contributed by atoms with E-state index in [0.29, 0.717) is 44.0 Å².